The molecule has 26 heavy (non-hydrogen) atoms. The van der Waals surface area contributed by atoms with Crippen molar-refractivity contribution in [1.82, 2.24) is 0 Å². The van der Waals surface area contributed by atoms with Crippen LogP contribution in [0.25, 0.3) is 0 Å². The Hall–Kier alpha value is -3.13. The summed E-state index contributed by atoms with van der Waals surface area (Å²) in [6.45, 7) is 2.89. The lowest BCUT2D eigenvalue weighted by Gasteiger charge is -2.09. The van der Waals surface area contributed by atoms with Gasteiger partial charge in [-0.05, 0) is 49.2 Å². The molecule has 0 unspecified atom stereocenters. The van der Waals surface area contributed by atoms with Gasteiger partial charge in [-0.15, -0.1) is 0 Å². The molecule has 0 fully saturated rings. The van der Waals surface area contributed by atoms with Crippen molar-refractivity contribution in [2.24, 2.45) is 0 Å². The number of hydrogen-bond donors (Lipinski definition) is 2. The summed E-state index contributed by atoms with van der Waals surface area (Å²) in [7, 11) is 0. The van der Waals surface area contributed by atoms with E-state index in [0.29, 0.717) is 5.02 Å². The second-order valence-electron chi connectivity index (χ2n) is 5.57. The number of nitro groups is 1. The van der Waals surface area contributed by atoms with Gasteiger partial charge in [0.15, 0.2) is 6.61 Å². The third kappa shape index (κ3) is 4.48. The predicted octanol–water partition coefficient (Wildman–Crippen LogP) is 3.24. The number of nitro benzene ring substituents is 1. The largest absolute Gasteiger partial charge is 0.452 e. The normalized spacial score (nSPS) is 10.3. The van der Waals surface area contributed by atoms with Crippen molar-refractivity contribution < 1.29 is 19.2 Å². The number of amides is 1. The van der Waals surface area contributed by atoms with E-state index in [1.54, 1.807) is 13.8 Å². The van der Waals surface area contributed by atoms with Crippen LogP contribution in [0.1, 0.15) is 21.5 Å². The second-order valence-corrected chi connectivity index (χ2v) is 5.98. The molecule has 0 saturated heterocycles. The fraction of sp³-hybridized carbons (Fsp3) is 0.176. The highest BCUT2D eigenvalue weighted by Gasteiger charge is 2.18. The van der Waals surface area contributed by atoms with Crippen LogP contribution in [0.2, 0.25) is 5.02 Å². The molecular weight excluding hydrogens is 362 g/mol. The molecule has 0 aliphatic rings. The lowest BCUT2D eigenvalue weighted by atomic mass is 10.1. The molecule has 3 N–H and O–H groups in total. The molecule has 0 heterocycles. The van der Waals surface area contributed by atoms with E-state index in [1.165, 1.54) is 30.3 Å². The molecule has 0 bridgehead atoms. The molecule has 0 aliphatic carbocycles. The van der Waals surface area contributed by atoms with Gasteiger partial charge in [-0.1, -0.05) is 11.6 Å². The number of benzene rings is 2. The number of nitrogen functional groups attached to an aromatic ring is 1. The Morgan fingerprint density at radius 2 is 1.88 bits per heavy atom. The first kappa shape index (κ1) is 19.2. The standard InChI is InChI=1S/C17H16ClN3O5/c1-9-5-14(15(21(24)25)6-10(9)2)20-16(22)8-26-17(23)11-3-4-12(18)13(19)7-11/h3-7H,8,19H2,1-2H3,(H,20,22). The summed E-state index contributed by atoms with van der Waals surface area (Å²) in [5, 5.41) is 13.8. The number of nitrogens with two attached hydrogens (primary N) is 1. The Labute approximate surface area is 154 Å². The maximum atomic E-state index is 12.0. The van der Waals surface area contributed by atoms with Gasteiger partial charge in [0.1, 0.15) is 5.69 Å². The first-order valence-electron chi connectivity index (χ1n) is 7.46. The number of esters is 1. The molecule has 0 aromatic heterocycles. The number of aryl methyl sites for hydroxylation is 2. The van der Waals surface area contributed by atoms with Crippen LogP contribution in [0, 0.1) is 24.0 Å². The van der Waals surface area contributed by atoms with Crippen LogP contribution in [0.4, 0.5) is 17.1 Å². The summed E-state index contributed by atoms with van der Waals surface area (Å²) >= 11 is 5.77. The van der Waals surface area contributed by atoms with Crippen LogP contribution in [-0.4, -0.2) is 23.4 Å². The first-order chi connectivity index (χ1) is 12.2. The van der Waals surface area contributed by atoms with Crippen molar-refractivity contribution >= 4 is 40.5 Å². The van der Waals surface area contributed by atoms with Crippen molar-refractivity contribution in [3.8, 4) is 0 Å². The molecule has 9 heteroatoms. The topological polar surface area (TPSA) is 125 Å². The molecular formula is C17H16ClN3O5. The fourth-order valence-corrected chi connectivity index (χ4v) is 2.24. The van der Waals surface area contributed by atoms with E-state index >= 15 is 0 Å². The minimum Gasteiger partial charge on any atom is -0.452 e. The van der Waals surface area contributed by atoms with Gasteiger partial charge in [-0.3, -0.25) is 14.9 Å². The van der Waals surface area contributed by atoms with Gasteiger partial charge in [0.2, 0.25) is 0 Å². The molecule has 0 atom stereocenters. The van der Waals surface area contributed by atoms with Gasteiger partial charge < -0.3 is 15.8 Å². The Bertz CT molecular complexity index is 898. The van der Waals surface area contributed by atoms with Crippen LogP contribution in [0.15, 0.2) is 30.3 Å². The van der Waals surface area contributed by atoms with Crippen LogP contribution < -0.4 is 11.1 Å². The number of rotatable bonds is 5. The molecule has 1 amide bonds. The summed E-state index contributed by atoms with van der Waals surface area (Å²) in [6.07, 6.45) is 0. The molecule has 2 aromatic rings. The van der Waals surface area contributed by atoms with Crippen molar-refractivity contribution in [2.75, 3.05) is 17.7 Å². The van der Waals surface area contributed by atoms with Crippen LogP contribution in [-0.2, 0) is 9.53 Å². The van der Waals surface area contributed by atoms with Gasteiger partial charge in [-0.25, -0.2) is 4.79 Å². The fourth-order valence-electron chi connectivity index (χ4n) is 2.12. The number of ether oxygens (including phenoxy) is 1. The Balaban J connectivity index is 2.05. The van der Waals surface area contributed by atoms with Crippen molar-refractivity contribution in [2.45, 2.75) is 13.8 Å². The van der Waals surface area contributed by atoms with Crippen molar-refractivity contribution in [3.63, 3.8) is 0 Å². The number of anilines is 2. The molecule has 8 nitrogen and oxygen atoms in total. The Kier molecular flexibility index (Phi) is 5.78. The number of nitrogens with zero attached hydrogens (tertiary/aromatic N) is 1. The van der Waals surface area contributed by atoms with E-state index < -0.39 is 23.4 Å². The number of halogens is 1. The zero-order chi connectivity index (χ0) is 19.4. The maximum absolute atomic E-state index is 12.0. The highest BCUT2D eigenvalue weighted by Crippen LogP contribution is 2.28. The average Bonchev–Trinajstić information content (AvgIpc) is 2.58. The molecule has 0 saturated carbocycles. The van der Waals surface area contributed by atoms with Gasteiger partial charge in [0.25, 0.3) is 11.6 Å². The monoisotopic (exact) mass is 377 g/mol. The third-order valence-corrected chi connectivity index (χ3v) is 3.99. The van der Waals surface area contributed by atoms with Crippen LogP contribution in [0.5, 0.6) is 0 Å². The molecule has 0 aliphatic heterocycles. The zero-order valence-electron chi connectivity index (χ0n) is 14.0. The molecule has 2 rings (SSSR count). The van der Waals surface area contributed by atoms with E-state index in [4.69, 9.17) is 22.1 Å². The number of nitrogens with one attached hydrogen (secondary N) is 1. The van der Waals surface area contributed by atoms with Gasteiger partial charge in [-0.2, -0.15) is 0 Å². The highest BCUT2D eigenvalue weighted by atomic mass is 35.5. The lowest BCUT2D eigenvalue weighted by molar-refractivity contribution is -0.384. The number of carbonyl (C=O) groups excluding carboxylic acids is 2. The summed E-state index contributed by atoms with van der Waals surface area (Å²) in [5.41, 5.74) is 7.25. The summed E-state index contributed by atoms with van der Waals surface area (Å²) < 4.78 is 4.89. The predicted molar refractivity (Wildman–Crippen MR) is 97.3 cm³/mol. The Morgan fingerprint density at radius 3 is 2.50 bits per heavy atom. The van der Waals surface area contributed by atoms with E-state index in [0.717, 1.165) is 11.1 Å². The number of carbonyl (C=O) groups is 2. The summed E-state index contributed by atoms with van der Waals surface area (Å²) in [6, 6.07) is 7.04. The van der Waals surface area contributed by atoms with E-state index in [1.807, 2.05) is 0 Å². The van der Waals surface area contributed by atoms with Gasteiger partial charge in [0, 0.05) is 6.07 Å². The van der Waals surface area contributed by atoms with Crippen molar-refractivity contribution in [1.29, 1.82) is 0 Å². The minimum atomic E-state index is -0.766. The van der Waals surface area contributed by atoms with Crippen LogP contribution in [0.3, 0.4) is 0 Å². The average molecular weight is 378 g/mol. The number of hydrogen-bond acceptors (Lipinski definition) is 6. The smallest absolute Gasteiger partial charge is 0.338 e. The molecule has 0 radical (unpaired) electrons. The summed E-state index contributed by atoms with van der Waals surface area (Å²) in [4.78, 5) is 34.4. The minimum absolute atomic E-state index is 0.0369. The highest BCUT2D eigenvalue weighted by molar-refractivity contribution is 6.33. The zero-order valence-corrected chi connectivity index (χ0v) is 14.8. The van der Waals surface area contributed by atoms with Gasteiger partial charge >= 0.3 is 5.97 Å². The SMILES string of the molecule is Cc1cc(NC(=O)COC(=O)c2ccc(Cl)c(N)c2)c([N+](=O)[O-])cc1C. The molecule has 0 spiro atoms. The third-order valence-electron chi connectivity index (χ3n) is 3.65. The van der Waals surface area contributed by atoms with Crippen LogP contribution >= 0.6 is 11.6 Å². The molecule has 136 valence electrons. The Morgan fingerprint density at radius 1 is 1.23 bits per heavy atom. The first-order valence-corrected chi connectivity index (χ1v) is 7.84. The molecule has 2 aromatic carbocycles. The van der Waals surface area contributed by atoms with E-state index in [-0.39, 0.29) is 22.6 Å². The second kappa shape index (κ2) is 7.83. The quantitative estimate of drug-likeness (QED) is 0.356. The lowest BCUT2D eigenvalue weighted by Crippen LogP contribution is -2.21. The summed E-state index contributed by atoms with van der Waals surface area (Å²) in [5.74, 6) is -1.47. The van der Waals surface area contributed by atoms with Crippen molar-refractivity contribution in [3.05, 3.63) is 62.2 Å². The van der Waals surface area contributed by atoms with E-state index in [9.17, 15) is 19.7 Å². The van der Waals surface area contributed by atoms with Gasteiger partial charge in [0.05, 0.1) is 21.2 Å². The van der Waals surface area contributed by atoms with E-state index in [2.05, 4.69) is 5.32 Å². The maximum Gasteiger partial charge on any atom is 0.338 e.